The van der Waals surface area contributed by atoms with Gasteiger partial charge in [-0.15, -0.1) is 0 Å². The van der Waals surface area contributed by atoms with E-state index in [0.717, 1.165) is 53.9 Å². The zero-order valence-electron chi connectivity index (χ0n) is 18.0. The Morgan fingerprint density at radius 1 is 1.23 bits per heavy atom. The van der Waals surface area contributed by atoms with Gasteiger partial charge in [0.15, 0.2) is 0 Å². The quantitative estimate of drug-likeness (QED) is 0.626. The van der Waals surface area contributed by atoms with Gasteiger partial charge in [0.05, 0.1) is 17.4 Å². The van der Waals surface area contributed by atoms with Crippen LogP contribution in [0.25, 0.3) is 11.1 Å². The van der Waals surface area contributed by atoms with Crippen molar-refractivity contribution in [1.29, 1.82) is 0 Å². The van der Waals surface area contributed by atoms with E-state index in [2.05, 4.69) is 22.0 Å². The van der Waals surface area contributed by atoms with Crippen molar-refractivity contribution in [2.75, 3.05) is 6.54 Å². The maximum absolute atomic E-state index is 13.4. The molecule has 0 saturated carbocycles. The summed E-state index contributed by atoms with van der Waals surface area (Å²) >= 11 is 0. The molecule has 1 fully saturated rings. The molecule has 0 bridgehead atoms. The molecular formula is C23H27N5O2. The average molecular weight is 406 g/mol. The highest BCUT2D eigenvalue weighted by Gasteiger charge is 2.36. The van der Waals surface area contributed by atoms with Crippen LogP contribution in [0.5, 0.6) is 0 Å². The van der Waals surface area contributed by atoms with Crippen LogP contribution in [0, 0.1) is 20.8 Å². The fraction of sp³-hybridized carbons (Fsp3) is 0.435. The van der Waals surface area contributed by atoms with E-state index >= 15 is 0 Å². The second kappa shape index (κ2) is 8.34. The number of carbonyl (C=O) groups excluding carboxylic acids is 1. The number of rotatable bonds is 5. The Bertz CT molecular complexity index is 1060. The molecule has 1 aliphatic heterocycles. The molecule has 30 heavy (non-hydrogen) atoms. The number of aromatic nitrogens is 4. The molecule has 4 rings (SSSR count). The van der Waals surface area contributed by atoms with E-state index in [0.29, 0.717) is 23.6 Å². The van der Waals surface area contributed by atoms with Crippen LogP contribution in [0.2, 0.25) is 0 Å². The minimum atomic E-state index is -0.104. The van der Waals surface area contributed by atoms with Gasteiger partial charge in [0.1, 0.15) is 17.1 Å². The Balaban J connectivity index is 1.80. The molecule has 7 nitrogen and oxygen atoms in total. The third-order valence-electron chi connectivity index (χ3n) is 5.73. The van der Waals surface area contributed by atoms with Crippen molar-refractivity contribution in [1.82, 2.24) is 25.0 Å². The summed E-state index contributed by atoms with van der Waals surface area (Å²) in [6, 6.07) is 1.89. The van der Waals surface area contributed by atoms with Crippen molar-refractivity contribution in [2.45, 2.75) is 59.4 Å². The lowest BCUT2D eigenvalue weighted by Crippen LogP contribution is -2.32. The highest BCUT2D eigenvalue weighted by molar-refractivity contribution is 5.96. The lowest BCUT2D eigenvalue weighted by molar-refractivity contribution is 0.0730. The molecule has 3 aromatic rings. The van der Waals surface area contributed by atoms with Gasteiger partial charge < -0.3 is 9.42 Å². The van der Waals surface area contributed by atoms with Gasteiger partial charge in [0, 0.05) is 37.1 Å². The van der Waals surface area contributed by atoms with Crippen LogP contribution >= 0.6 is 0 Å². The van der Waals surface area contributed by atoms with E-state index in [9.17, 15) is 4.79 Å². The zero-order valence-corrected chi connectivity index (χ0v) is 18.0. The Morgan fingerprint density at radius 2 is 2.07 bits per heavy atom. The van der Waals surface area contributed by atoms with Crippen LogP contribution in [0.4, 0.5) is 0 Å². The Labute approximate surface area is 176 Å². The zero-order chi connectivity index (χ0) is 21.3. The predicted octanol–water partition coefficient (Wildman–Crippen LogP) is 4.38. The SMILES string of the molecule is CCCc1ncc(-c2ccncc2C)c(C2CCCN2C(=O)c2c(C)noc2C)n1. The molecular weight excluding hydrogens is 378 g/mol. The number of hydrogen-bond acceptors (Lipinski definition) is 6. The smallest absolute Gasteiger partial charge is 0.259 e. The Hall–Kier alpha value is -3.09. The van der Waals surface area contributed by atoms with Crippen LogP contribution in [-0.4, -0.2) is 37.5 Å². The van der Waals surface area contributed by atoms with Crippen molar-refractivity contribution >= 4 is 5.91 Å². The third-order valence-corrected chi connectivity index (χ3v) is 5.73. The molecule has 1 atom stereocenters. The molecule has 1 aliphatic rings. The van der Waals surface area contributed by atoms with Gasteiger partial charge in [0.25, 0.3) is 5.91 Å². The number of aryl methyl sites for hydroxylation is 4. The summed E-state index contributed by atoms with van der Waals surface area (Å²) in [5.74, 6) is 1.34. The van der Waals surface area contributed by atoms with E-state index in [1.54, 1.807) is 13.1 Å². The number of carbonyl (C=O) groups is 1. The van der Waals surface area contributed by atoms with Crippen molar-refractivity contribution in [3.8, 4) is 11.1 Å². The molecule has 156 valence electrons. The number of hydrogen-bond donors (Lipinski definition) is 0. The molecule has 1 amide bonds. The van der Waals surface area contributed by atoms with E-state index in [-0.39, 0.29) is 11.9 Å². The first-order chi connectivity index (χ1) is 14.5. The number of nitrogens with zero attached hydrogens (tertiary/aromatic N) is 5. The number of likely N-dealkylation sites (tertiary alicyclic amines) is 1. The maximum atomic E-state index is 13.4. The van der Waals surface area contributed by atoms with Gasteiger partial charge in [0.2, 0.25) is 0 Å². The van der Waals surface area contributed by atoms with Crippen LogP contribution in [-0.2, 0) is 6.42 Å². The molecule has 0 aromatic carbocycles. The molecule has 3 aromatic heterocycles. The standard InChI is InChI=1S/C23H27N5O2/c1-5-7-20-25-13-18(17-9-10-24-12-14(17)2)22(26-20)19-8-6-11-28(19)23(29)21-15(3)27-30-16(21)4/h9-10,12-13,19H,5-8,11H2,1-4H3. The topological polar surface area (TPSA) is 85.0 Å². The lowest BCUT2D eigenvalue weighted by atomic mass is 9.97. The highest BCUT2D eigenvalue weighted by atomic mass is 16.5. The molecule has 4 heterocycles. The van der Waals surface area contributed by atoms with E-state index in [1.165, 1.54) is 0 Å². The summed E-state index contributed by atoms with van der Waals surface area (Å²) in [6.45, 7) is 8.44. The third kappa shape index (κ3) is 3.60. The summed E-state index contributed by atoms with van der Waals surface area (Å²) in [7, 11) is 0. The normalized spacial score (nSPS) is 16.3. The summed E-state index contributed by atoms with van der Waals surface area (Å²) in [5.41, 5.74) is 5.19. The fourth-order valence-electron chi connectivity index (χ4n) is 4.24. The fourth-order valence-corrected chi connectivity index (χ4v) is 4.24. The summed E-state index contributed by atoms with van der Waals surface area (Å²) < 4.78 is 5.25. The van der Waals surface area contributed by atoms with E-state index in [1.807, 2.05) is 37.2 Å². The molecule has 0 N–H and O–H groups in total. The molecule has 1 saturated heterocycles. The maximum Gasteiger partial charge on any atom is 0.259 e. The first-order valence-electron chi connectivity index (χ1n) is 10.5. The van der Waals surface area contributed by atoms with Gasteiger partial charge in [-0.05, 0) is 57.2 Å². The minimum absolute atomic E-state index is 0.0400. The van der Waals surface area contributed by atoms with Crippen molar-refractivity contribution in [3.05, 3.63) is 58.8 Å². The Morgan fingerprint density at radius 3 is 2.77 bits per heavy atom. The second-order valence-electron chi connectivity index (χ2n) is 7.88. The minimum Gasteiger partial charge on any atom is -0.361 e. The average Bonchev–Trinajstić information content (AvgIpc) is 3.35. The van der Waals surface area contributed by atoms with Crippen molar-refractivity contribution in [2.24, 2.45) is 0 Å². The number of pyridine rings is 1. The second-order valence-corrected chi connectivity index (χ2v) is 7.88. The van der Waals surface area contributed by atoms with Gasteiger partial charge in [-0.3, -0.25) is 9.78 Å². The number of amides is 1. The monoisotopic (exact) mass is 405 g/mol. The first-order valence-corrected chi connectivity index (χ1v) is 10.5. The van der Waals surface area contributed by atoms with Gasteiger partial charge in [-0.2, -0.15) is 0 Å². The molecule has 1 unspecified atom stereocenters. The van der Waals surface area contributed by atoms with Crippen LogP contribution in [0.15, 0.2) is 29.2 Å². The van der Waals surface area contributed by atoms with Crippen LogP contribution in [0.1, 0.15) is 71.1 Å². The van der Waals surface area contributed by atoms with Crippen LogP contribution < -0.4 is 0 Å². The van der Waals surface area contributed by atoms with Gasteiger partial charge in [-0.1, -0.05) is 12.1 Å². The van der Waals surface area contributed by atoms with Gasteiger partial charge in [-0.25, -0.2) is 9.97 Å². The van der Waals surface area contributed by atoms with E-state index in [4.69, 9.17) is 9.51 Å². The van der Waals surface area contributed by atoms with E-state index < -0.39 is 0 Å². The first kappa shape index (κ1) is 20.2. The summed E-state index contributed by atoms with van der Waals surface area (Å²) in [5, 5.41) is 3.97. The highest BCUT2D eigenvalue weighted by Crippen LogP contribution is 2.38. The molecule has 0 aliphatic carbocycles. The molecule has 0 radical (unpaired) electrons. The van der Waals surface area contributed by atoms with Crippen molar-refractivity contribution in [3.63, 3.8) is 0 Å². The van der Waals surface area contributed by atoms with Crippen molar-refractivity contribution < 1.29 is 9.32 Å². The van der Waals surface area contributed by atoms with Crippen LogP contribution in [0.3, 0.4) is 0 Å². The predicted molar refractivity (Wildman–Crippen MR) is 113 cm³/mol. The summed E-state index contributed by atoms with van der Waals surface area (Å²) in [4.78, 5) is 29.1. The lowest BCUT2D eigenvalue weighted by Gasteiger charge is -2.26. The Kier molecular flexibility index (Phi) is 5.61. The largest absolute Gasteiger partial charge is 0.361 e. The molecule has 7 heteroatoms. The summed E-state index contributed by atoms with van der Waals surface area (Å²) in [6.07, 6.45) is 9.13. The van der Waals surface area contributed by atoms with Gasteiger partial charge >= 0.3 is 0 Å². The molecule has 0 spiro atoms.